The summed E-state index contributed by atoms with van der Waals surface area (Å²) in [7, 11) is 0. The molecular weight excluding hydrogens is 737 g/mol. The second-order valence-corrected chi connectivity index (χ2v) is 17.9. The first kappa shape index (κ1) is 36.5. The van der Waals surface area contributed by atoms with Crippen LogP contribution in [0.3, 0.4) is 0 Å². The van der Waals surface area contributed by atoms with Crippen LogP contribution in [0.1, 0.15) is 75.6 Å². The highest BCUT2D eigenvalue weighted by molar-refractivity contribution is 5.91. The summed E-state index contributed by atoms with van der Waals surface area (Å²) >= 11 is 0. The van der Waals surface area contributed by atoms with Crippen LogP contribution in [-0.2, 0) is 5.41 Å². The smallest absolute Gasteiger partial charge is 0.179 e. The van der Waals surface area contributed by atoms with Crippen LogP contribution < -0.4 is 19.6 Å². The largest absolute Gasteiger partial charge is 0.302 e. The summed E-state index contributed by atoms with van der Waals surface area (Å²) in [6, 6.07) is 46.1. The first-order valence-electron chi connectivity index (χ1n) is 21.4. The van der Waals surface area contributed by atoms with Crippen molar-refractivity contribution in [1.29, 1.82) is 0 Å². The quantitative estimate of drug-likeness (QED) is 0.158. The van der Waals surface area contributed by atoms with E-state index in [1.165, 1.54) is 33.5 Å². The summed E-state index contributed by atoms with van der Waals surface area (Å²) in [4.78, 5) is 31.4. The molecule has 1 fully saturated rings. The molecule has 2 aromatic heterocycles. The topological polar surface area (TPSA) is 64.5 Å². The van der Waals surface area contributed by atoms with Crippen molar-refractivity contribution < 1.29 is 0 Å². The summed E-state index contributed by atoms with van der Waals surface area (Å²) in [5.41, 5.74) is 11.1. The van der Waals surface area contributed by atoms with Gasteiger partial charge in [0.2, 0.25) is 0 Å². The SMILES string of the molecule is Cc1ccccc1N1c2nccnc2N(c2ccccc2)C1C1C2(C)c3ccccc3N3c4nc(-c5c(C(C)C)cccc5C(C)C)cnc4N(c4ccccc4)C3C12C. The molecule has 5 atom stereocenters. The minimum absolute atomic E-state index is 0.0752. The molecule has 1 saturated carbocycles. The van der Waals surface area contributed by atoms with E-state index < -0.39 is 0 Å². The van der Waals surface area contributed by atoms with Gasteiger partial charge in [-0.15, -0.1) is 0 Å². The molecule has 1 aliphatic carbocycles. The van der Waals surface area contributed by atoms with Crippen molar-refractivity contribution in [2.75, 3.05) is 19.6 Å². The fourth-order valence-electron chi connectivity index (χ4n) is 11.4. The molecule has 5 unspecified atom stereocenters. The van der Waals surface area contributed by atoms with Crippen LogP contribution in [0.25, 0.3) is 11.3 Å². The molecule has 8 heteroatoms. The van der Waals surface area contributed by atoms with Gasteiger partial charge in [0.1, 0.15) is 12.3 Å². The molecule has 0 spiro atoms. The minimum Gasteiger partial charge on any atom is -0.302 e. The highest BCUT2D eigenvalue weighted by atomic mass is 15.5. The van der Waals surface area contributed by atoms with E-state index in [-0.39, 0.29) is 29.1 Å². The summed E-state index contributed by atoms with van der Waals surface area (Å²) in [5.74, 6) is 4.24. The minimum atomic E-state index is -0.348. The Kier molecular flexibility index (Phi) is 8.06. The number of aromatic nitrogens is 4. The molecule has 0 amide bonds. The fourth-order valence-corrected chi connectivity index (χ4v) is 11.4. The molecule has 60 heavy (non-hydrogen) atoms. The number of anilines is 8. The number of benzene rings is 5. The number of nitrogens with zero attached hydrogens (tertiary/aromatic N) is 8. The average Bonchev–Trinajstić information content (AvgIpc) is 3.49. The molecule has 4 aliphatic rings. The molecule has 5 heterocycles. The fraction of sp³-hybridized carbons (Fsp3) is 0.269. The highest BCUT2D eigenvalue weighted by Gasteiger charge is 2.83. The second kappa shape index (κ2) is 13.2. The number of hydrogen-bond acceptors (Lipinski definition) is 8. The molecule has 0 saturated heterocycles. The van der Waals surface area contributed by atoms with E-state index in [0.717, 1.165) is 46.0 Å². The van der Waals surface area contributed by atoms with E-state index in [2.05, 4.69) is 195 Å². The third kappa shape index (κ3) is 4.84. The van der Waals surface area contributed by atoms with Crippen molar-refractivity contribution in [1.82, 2.24) is 19.9 Å². The van der Waals surface area contributed by atoms with Crippen LogP contribution in [0.2, 0.25) is 0 Å². The summed E-state index contributed by atoms with van der Waals surface area (Å²) in [6.07, 6.45) is 5.37. The summed E-state index contributed by atoms with van der Waals surface area (Å²) < 4.78 is 0. The maximum absolute atomic E-state index is 5.75. The number of hydrogen-bond donors (Lipinski definition) is 0. The van der Waals surface area contributed by atoms with Gasteiger partial charge >= 0.3 is 0 Å². The lowest BCUT2D eigenvalue weighted by Crippen LogP contribution is -2.51. The van der Waals surface area contributed by atoms with Gasteiger partial charge in [0.05, 0.1) is 11.9 Å². The Morgan fingerprint density at radius 3 is 1.72 bits per heavy atom. The molecule has 3 aliphatic heterocycles. The highest BCUT2D eigenvalue weighted by Crippen LogP contribution is 2.80. The first-order valence-corrected chi connectivity index (χ1v) is 21.4. The predicted molar refractivity (Wildman–Crippen MR) is 243 cm³/mol. The van der Waals surface area contributed by atoms with Gasteiger partial charge in [0.25, 0.3) is 0 Å². The van der Waals surface area contributed by atoms with Crippen molar-refractivity contribution in [2.24, 2.45) is 11.3 Å². The summed E-state index contributed by atoms with van der Waals surface area (Å²) in [5, 5.41) is 0. The normalized spacial score (nSPS) is 23.4. The van der Waals surface area contributed by atoms with E-state index >= 15 is 0 Å². The van der Waals surface area contributed by atoms with Crippen molar-refractivity contribution in [3.05, 3.63) is 168 Å². The van der Waals surface area contributed by atoms with Gasteiger partial charge in [-0.1, -0.05) is 133 Å². The van der Waals surface area contributed by atoms with Crippen LogP contribution in [0.4, 0.5) is 46.0 Å². The molecule has 11 rings (SSSR count). The molecular formula is C52H50N8. The standard InChI is InChI=1S/C52H50N8/c1-32(2)37-24-18-25-38(33(3)4)43(37)40-31-55-47-48(56-40)60-42-28-17-15-26-39(42)51(6)44(52(51,7)50(60)58(47)36-22-12-9-13-23-36)49-57(35-20-10-8-11-21-35)45-46(54-30-29-53-45)59(49)41-27-16-14-19-34(41)5/h8-33,44,49-50H,1-7H3. The lowest BCUT2D eigenvalue weighted by molar-refractivity contribution is 0.350. The zero-order valence-electron chi connectivity index (χ0n) is 35.3. The number of rotatable bonds is 7. The van der Waals surface area contributed by atoms with Crippen LogP contribution in [0.15, 0.2) is 146 Å². The van der Waals surface area contributed by atoms with Crippen LogP contribution in [-0.4, -0.2) is 32.3 Å². The van der Waals surface area contributed by atoms with Crippen molar-refractivity contribution in [3.63, 3.8) is 0 Å². The second-order valence-electron chi connectivity index (χ2n) is 17.9. The lowest BCUT2D eigenvalue weighted by atomic mass is 9.81. The number of para-hydroxylation sites is 4. The monoisotopic (exact) mass is 786 g/mol. The molecule has 298 valence electrons. The van der Waals surface area contributed by atoms with Gasteiger partial charge in [0.15, 0.2) is 23.3 Å². The van der Waals surface area contributed by atoms with Crippen molar-refractivity contribution in [2.45, 2.75) is 78.0 Å². The molecule has 8 nitrogen and oxygen atoms in total. The Labute approximate surface area is 353 Å². The molecule has 0 bridgehead atoms. The Bertz CT molecular complexity index is 2760. The van der Waals surface area contributed by atoms with E-state index in [9.17, 15) is 0 Å². The zero-order chi connectivity index (χ0) is 41.1. The van der Waals surface area contributed by atoms with Crippen LogP contribution in [0, 0.1) is 18.3 Å². The Balaban J connectivity index is 1.17. The number of aryl methyl sites for hydroxylation is 1. The Morgan fingerprint density at radius 2 is 1.08 bits per heavy atom. The van der Waals surface area contributed by atoms with Crippen LogP contribution >= 0.6 is 0 Å². The Hall–Kier alpha value is -6.54. The van der Waals surface area contributed by atoms with Crippen LogP contribution in [0.5, 0.6) is 0 Å². The first-order chi connectivity index (χ1) is 29.2. The van der Waals surface area contributed by atoms with Gasteiger partial charge in [-0.3, -0.25) is 0 Å². The summed E-state index contributed by atoms with van der Waals surface area (Å²) in [6.45, 7) is 16.3. The maximum Gasteiger partial charge on any atom is 0.179 e. The third-order valence-electron chi connectivity index (χ3n) is 14.3. The molecule has 0 N–H and O–H groups in total. The molecule has 7 aromatic rings. The van der Waals surface area contributed by atoms with E-state index in [1.807, 2.05) is 18.6 Å². The third-order valence-corrected chi connectivity index (χ3v) is 14.3. The maximum atomic E-state index is 5.75. The van der Waals surface area contributed by atoms with Gasteiger partial charge in [-0.25, -0.2) is 19.9 Å². The Morgan fingerprint density at radius 1 is 0.533 bits per heavy atom. The average molecular weight is 787 g/mol. The van der Waals surface area contributed by atoms with E-state index in [4.69, 9.17) is 19.9 Å². The van der Waals surface area contributed by atoms with Gasteiger partial charge in [0, 0.05) is 57.5 Å². The predicted octanol–water partition coefficient (Wildman–Crippen LogP) is 12.3. The van der Waals surface area contributed by atoms with Gasteiger partial charge in [-0.05, 0) is 77.4 Å². The lowest BCUT2D eigenvalue weighted by Gasteiger charge is -2.44. The number of fused-ring (bicyclic) bond motifs is 9. The van der Waals surface area contributed by atoms with Gasteiger partial charge < -0.3 is 19.6 Å². The molecule has 0 radical (unpaired) electrons. The van der Waals surface area contributed by atoms with E-state index in [0.29, 0.717) is 11.8 Å². The van der Waals surface area contributed by atoms with Gasteiger partial charge in [-0.2, -0.15) is 0 Å². The molecule has 5 aromatic carbocycles. The van der Waals surface area contributed by atoms with Crippen molar-refractivity contribution >= 4 is 46.0 Å². The van der Waals surface area contributed by atoms with Crippen molar-refractivity contribution in [3.8, 4) is 11.3 Å². The van der Waals surface area contributed by atoms with E-state index in [1.54, 1.807) is 0 Å². The zero-order valence-corrected chi connectivity index (χ0v) is 35.3.